The fraction of sp³-hybridized carbons (Fsp3) is 0.400. The molecule has 0 atom stereocenters. The molecule has 0 radical (unpaired) electrons. The highest BCUT2D eigenvalue weighted by Gasteiger charge is 2.28. The Hall–Kier alpha value is -3.20. The molecule has 0 unspecified atom stereocenters. The largest absolute Gasteiger partial charge is 0.368 e. The van der Waals surface area contributed by atoms with E-state index in [1.807, 2.05) is 53.5 Å². The van der Waals surface area contributed by atoms with Gasteiger partial charge in [-0.05, 0) is 35.7 Å². The number of carbonyl (C=O) groups excluding carboxylic acids is 1. The number of halogens is 1. The second kappa shape index (κ2) is 9.58. The van der Waals surface area contributed by atoms with Gasteiger partial charge in [0.25, 0.3) is 0 Å². The highest BCUT2D eigenvalue weighted by atomic mass is 32.1. The summed E-state index contributed by atoms with van der Waals surface area (Å²) in [6.45, 7) is 4.48. The molecule has 5 rings (SSSR count). The van der Waals surface area contributed by atoms with Gasteiger partial charge >= 0.3 is 0 Å². The highest BCUT2D eigenvalue weighted by Crippen LogP contribution is 2.29. The smallest absolute Gasteiger partial charge is 0.228 e. The number of benzene rings is 1. The van der Waals surface area contributed by atoms with Crippen molar-refractivity contribution in [2.75, 3.05) is 61.5 Å². The van der Waals surface area contributed by atoms with Gasteiger partial charge in [0, 0.05) is 69.4 Å². The molecule has 0 bridgehead atoms. The van der Waals surface area contributed by atoms with Crippen molar-refractivity contribution in [1.82, 2.24) is 14.9 Å². The molecule has 178 valence electrons. The molecule has 0 spiro atoms. The number of aromatic nitrogens is 2. The Balaban J connectivity index is 1.31. The third kappa shape index (κ3) is 4.70. The predicted octanol–water partition coefficient (Wildman–Crippen LogP) is 3.20. The molecule has 1 fully saturated rings. The van der Waals surface area contributed by atoms with Gasteiger partial charge in [0.1, 0.15) is 11.6 Å². The fourth-order valence-electron chi connectivity index (χ4n) is 4.60. The Labute approximate surface area is 203 Å². The number of thiophene rings is 1. The highest BCUT2D eigenvalue weighted by molar-refractivity contribution is 7.10. The van der Waals surface area contributed by atoms with Crippen molar-refractivity contribution in [3.63, 3.8) is 0 Å². The van der Waals surface area contributed by atoms with Gasteiger partial charge in [-0.25, -0.2) is 9.37 Å². The van der Waals surface area contributed by atoms with Gasteiger partial charge in [-0.15, -0.1) is 11.3 Å². The SMILES string of the molecule is CN(C)c1nc(N2CCN(c3ccc(F)cc3)CC2)nc2c1CN(C(=O)Cc1cccs1)CC2. The third-order valence-corrected chi connectivity index (χ3v) is 7.34. The zero-order chi connectivity index (χ0) is 23.7. The molecule has 0 saturated carbocycles. The minimum atomic E-state index is -0.215. The van der Waals surface area contributed by atoms with E-state index in [1.165, 1.54) is 12.1 Å². The molecular weight excluding hydrogens is 451 g/mol. The van der Waals surface area contributed by atoms with Crippen LogP contribution in [0.4, 0.5) is 21.8 Å². The lowest BCUT2D eigenvalue weighted by Crippen LogP contribution is -2.47. The summed E-state index contributed by atoms with van der Waals surface area (Å²) in [5.74, 6) is 1.57. The number of nitrogens with zero attached hydrogens (tertiary/aromatic N) is 6. The summed E-state index contributed by atoms with van der Waals surface area (Å²) in [6, 6.07) is 10.7. The fourth-order valence-corrected chi connectivity index (χ4v) is 5.29. The van der Waals surface area contributed by atoms with Crippen LogP contribution in [0.25, 0.3) is 0 Å². The lowest BCUT2D eigenvalue weighted by atomic mass is 10.1. The van der Waals surface area contributed by atoms with Crippen LogP contribution in [-0.2, 0) is 24.2 Å². The van der Waals surface area contributed by atoms with Crippen LogP contribution in [0.2, 0.25) is 0 Å². The van der Waals surface area contributed by atoms with Crippen LogP contribution < -0.4 is 14.7 Å². The lowest BCUT2D eigenvalue weighted by Gasteiger charge is -2.37. The van der Waals surface area contributed by atoms with E-state index >= 15 is 0 Å². The number of hydrogen-bond donors (Lipinski definition) is 0. The van der Waals surface area contributed by atoms with Crippen LogP contribution in [0.3, 0.4) is 0 Å². The number of piperazine rings is 1. The van der Waals surface area contributed by atoms with Gasteiger partial charge in [-0.3, -0.25) is 4.79 Å². The summed E-state index contributed by atoms with van der Waals surface area (Å²) in [4.78, 5) is 32.3. The van der Waals surface area contributed by atoms with Gasteiger partial charge in [0.15, 0.2) is 0 Å². The van der Waals surface area contributed by atoms with Gasteiger partial charge in [-0.1, -0.05) is 6.07 Å². The van der Waals surface area contributed by atoms with E-state index in [4.69, 9.17) is 9.97 Å². The molecule has 0 N–H and O–H groups in total. The quantitative estimate of drug-likeness (QED) is 0.559. The van der Waals surface area contributed by atoms with E-state index in [-0.39, 0.29) is 11.7 Å². The predicted molar refractivity (Wildman–Crippen MR) is 134 cm³/mol. The maximum absolute atomic E-state index is 13.3. The summed E-state index contributed by atoms with van der Waals surface area (Å²) < 4.78 is 13.3. The first-order valence-corrected chi connectivity index (χ1v) is 12.5. The van der Waals surface area contributed by atoms with Gasteiger partial charge in [0.05, 0.1) is 18.7 Å². The van der Waals surface area contributed by atoms with Crippen molar-refractivity contribution in [2.45, 2.75) is 19.4 Å². The van der Waals surface area contributed by atoms with Gasteiger partial charge < -0.3 is 19.6 Å². The number of fused-ring (bicyclic) bond motifs is 1. The normalized spacial score (nSPS) is 15.9. The number of amides is 1. The van der Waals surface area contributed by atoms with E-state index in [0.29, 0.717) is 19.5 Å². The molecule has 4 heterocycles. The van der Waals surface area contributed by atoms with Crippen molar-refractivity contribution < 1.29 is 9.18 Å². The molecule has 7 nitrogen and oxygen atoms in total. The average Bonchev–Trinajstić information content (AvgIpc) is 3.36. The Morgan fingerprint density at radius 1 is 1.03 bits per heavy atom. The van der Waals surface area contributed by atoms with E-state index < -0.39 is 0 Å². The number of anilines is 3. The zero-order valence-corrected chi connectivity index (χ0v) is 20.4. The first-order chi connectivity index (χ1) is 16.5. The molecule has 0 aliphatic carbocycles. The van der Waals surface area contributed by atoms with Crippen molar-refractivity contribution in [3.05, 3.63) is 63.7 Å². The standard InChI is InChI=1S/C25H29FN6OS/c1-29(2)24-21-17-32(23(33)16-20-4-3-15-34-20)10-9-22(21)27-25(28-24)31-13-11-30(12-14-31)19-7-5-18(26)6-8-19/h3-8,15H,9-14,16-17H2,1-2H3. The zero-order valence-electron chi connectivity index (χ0n) is 19.6. The molecular formula is C25H29FN6OS. The number of carbonyl (C=O) groups is 1. The number of rotatable bonds is 5. The molecule has 2 aliphatic rings. The van der Waals surface area contributed by atoms with Crippen LogP contribution >= 0.6 is 11.3 Å². The van der Waals surface area contributed by atoms with Crippen LogP contribution in [0.5, 0.6) is 0 Å². The third-order valence-electron chi connectivity index (χ3n) is 6.46. The summed E-state index contributed by atoms with van der Waals surface area (Å²) >= 11 is 1.62. The molecule has 2 aliphatic heterocycles. The summed E-state index contributed by atoms with van der Waals surface area (Å²) in [5, 5.41) is 2.01. The van der Waals surface area contributed by atoms with Crippen molar-refractivity contribution in [1.29, 1.82) is 0 Å². The molecule has 34 heavy (non-hydrogen) atoms. The maximum Gasteiger partial charge on any atom is 0.228 e. The topological polar surface area (TPSA) is 55.8 Å². The Morgan fingerprint density at radius 2 is 1.76 bits per heavy atom. The molecule has 1 saturated heterocycles. The Bertz CT molecular complexity index is 1140. The summed E-state index contributed by atoms with van der Waals surface area (Å²) in [5.41, 5.74) is 3.12. The van der Waals surface area contributed by atoms with Crippen LogP contribution in [0.15, 0.2) is 41.8 Å². The molecule has 2 aromatic heterocycles. The van der Waals surface area contributed by atoms with E-state index in [9.17, 15) is 9.18 Å². The Morgan fingerprint density at radius 3 is 2.44 bits per heavy atom. The minimum absolute atomic E-state index is 0.152. The van der Waals surface area contributed by atoms with Crippen LogP contribution in [0.1, 0.15) is 16.1 Å². The first-order valence-electron chi connectivity index (χ1n) is 11.6. The molecule has 3 aromatic rings. The van der Waals surface area contributed by atoms with Crippen molar-refractivity contribution >= 4 is 34.7 Å². The second-order valence-electron chi connectivity index (χ2n) is 8.94. The molecule has 9 heteroatoms. The lowest BCUT2D eigenvalue weighted by molar-refractivity contribution is -0.131. The van der Waals surface area contributed by atoms with E-state index in [1.54, 1.807) is 11.3 Å². The van der Waals surface area contributed by atoms with Crippen LogP contribution in [0, 0.1) is 5.82 Å². The molecule has 1 amide bonds. The van der Waals surface area contributed by atoms with Crippen molar-refractivity contribution in [2.24, 2.45) is 0 Å². The summed E-state index contributed by atoms with van der Waals surface area (Å²) in [6.07, 6.45) is 1.18. The maximum atomic E-state index is 13.3. The van der Waals surface area contributed by atoms with E-state index in [2.05, 4.69) is 9.80 Å². The number of hydrogen-bond acceptors (Lipinski definition) is 7. The molecule has 1 aromatic carbocycles. The summed E-state index contributed by atoms with van der Waals surface area (Å²) in [7, 11) is 3.98. The van der Waals surface area contributed by atoms with Crippen LogP contribution in [-0.4, -0.2) is 67.6 Å². The minimum Gasteiger partial charge on any atom is -0.368 e. The Kier molecular flexibility index (Phi) is 6.36. The first kappa shape index (κ1) is 22.6. The van der Waals surface area contributed by atoms with Gasteiger partial charge in [-0.2, -0.15) is 4.98 Å². The van der Waals surface area contributed by atoms with E-state index in [0.717, 1.165) is 66.2 Å². The second-order valence-corrected chi connectivity index (χ2v) is 9.97. The monoisotopic (exact) mass is 480 g/mol. The van der Waals surface area contributed by atoms with Gasteiger partial charge in [0.2, 0.25) is 11.9 Å². The van der Waals surface area contributed by atoms with Crippen molar-refractivity contribution in [3.8, 4) is 0 Å². The average molecular weight is 481 g/mol.